The van der Waals surface area contributed by atoms with E-state index in [9.17, 15) is 14.9 Å². The molecule has 0 unspecified atom stereocenters. The van der Waals surface area contributed by atoms with E-state index in [4.69, 9.17) is 11.6 Å². The predicted octanol–water partition coefficient (Wildman–Crippen LogP) is 1.94. The van der Waals surface area contributed by atoms with Crippen molar-refractivity contribution in [2.75, 3.05) is 11.9 Å². The smallest absolute Gasteiger partial charge is 0.292 e. The fourth-order valence-electron chi connectivity index (χ4n) is 1.90. The molecule has 6 nitrogen and oxygen atoms in total. The number of nitro benzene ring substituents is 1. The van der Waals surface area contributed by atoms with E-state index in [0.29, 0.717) is 5.02 Å². The van der Waals surface area contributed by atoms with Gasteiger partial charge in [0.1, 0.15) is 5.69 Å². The number of carbonyl (C=O) groups is 1. The lowest BCUT2D eigenvalue weighted by Gasteiger charge is -2.11. The first kappa shape index (κ1) is 12.8. The third kappa shape index (κ3) is 2.77. The maximum absolute atomic E-state index is 11.9. The molecule has 0 aromatic heterocycles. The second-order valence-corrected chi connectivity index (χ2v) is 4.49. The lowest BCUT2D eigenvalue weighted by molar-refractivity contribution is -0.383. The van der Waals surface area contributed by atoms with Gasteiger partial charge < -0.3 is 10.6 Å². The first-order chi connectivity index (χ1) is 8.58. The summed E-state index contributed by atoms with van der Waals surface area (Å²) >= 11 is 5.78. The minimum Gasteiger partial charge on any atom is -0.319 e. The molecule has 1 aromatic carbocycles. The summed E-state index contributed by atoms with van der Waals surface area (Å²) in [7, 11) is 0. The summed E-state index contributed by atoms with van der Waals surface area (Å²) in [6.45, 7) is 0.787. The van der Waals surface area contributed by atoms with Gasteiger partial charge in [-0.2, -0.15) is 0 Å². The molecule has 0 saturated carbocycles. The summed E-state index contributed by atoms with van der Waals surface area (Å²) in [5, 5.41) is 16.7. The van der Waals surface area contributed by atoms with Crippen LogP contribution in [0.5, 0.6) is 0 Å². The standard InChI is InChI=1S/C11H12ClN3O3/c12-7-3-4-10(15(17)18)9(6-7)14-11(16)8-2-1-5-13-8/h3-4,6,8,13H,1-2,5H2,(H,14,16)/t8-/m1/s1. The monoisotopic (exact) mass is 269 g/mol. The van der Waals surface area contributed by atoms with E-state index >= 15 is 0 Å². The van der Waals surface area contributed by atoms with Crippen LogP contribution < -0.4 is 10.6 Å². The van der Waals surface area contributed by atoms with Crippen molar-refractivity contribution in [1.82, 2.24) is 5.32 Å². The van der Waals surface area contributed by atoms with Gasteiger partial charge in [-0.25, -0.2) is 0 Å². The van der Waals surface area contributed by atoms with Crippen LogP contribution in [0.15, 0.2) is 18.2 Å². The van der Waals surface area contributed by atoms with E-state index in [-0.39, 0.29) is 23.3 Å². The molecule has 1 amide bonds. The van der Waals surface area contributed by atoms with Gasteiger partial charge in [-0.3, -0.25) is 14.9 Å². The summed E-state index contributed by atoms with van der Waals surface area (Å²) in [6, 6.07) is 3.79. The Kier molecular flexibility index (Phi) is 3.78. The van der Waals surface area contributed by atoms with Crippen LogP contribution in [0.25, 0.3) is 0 Å². The highest BCUT2D eigenvalue weighted by atomic mass is 35.5. The van der Waals surface area contributed by atoms with Crippen molar-refractivity contribution >= 4 is 28.9 Å². The quantitative estimate of drug-likeness (QED) is 0.649. The molecule has 1 aromatic rings. The lowest BCUT2D eigenvalue weighted by Crippen LogP contribution is -2.35. The van der Waals surface area contributed by atoms with Crippen molar-refractivity contribution in [1.29, 1.82) is 0 Å². The maximum Gasteiger partial charge on any atom is 0.292 e. The Labute approximate surface area is 108 Å². The number of hydrogen-bond acceptors (Lipinski definition) is 4. The largest absolute Gasteiger partial charge is 0.319 e. The van der Waals surface area contributed by atoms with Crippen molar-refractivity contribution in [3.8, 4) is 0 Å². The van der Waals surface area contributed by atoms with E-state index in [1.54, 1.807) is 0 Å². The van der Waals surface area contributed by atoms with E-state index in [1.165, 1.54) is 18.2 Å². The topological polar surface area (TPSA) is 84.3 Å². The Morgan fingerprint density at radius 3 is 2.94 bits per heavy atom. The summed E-state index contributed by atoms with van der Waals surface area (Å²) in [5.74, 6) is -0.266. The van der Waals surface area contributed by atoms with Crippen molar-refractivity contribution in [2.45, 2.75) is 18.9 Å². The van der Waals surface area contributed by atoms with Gasteiger partial charge in [0.2, 0.25) is 5.91 Å². The second kappa shape index (κ2) is 5.32. The number of nitro groups is 1. The minimum atomic E-state index is -0.548. The van der Waals surface area contributed by atoms with Gasteiger partial charge in [-0.1, -0.05) is 11.6 Å². The lowest BCUT2D eigenvalue weighted by atomic mass is 10.2. The fraction of sp³-hybridized carbons (Fsp3) is 0.364. The molecule has 2 rings (SSSR count). The van der Waals surface area contributed by atoms with Crippen LogP contribution in [0.2, 0.25) is 5.02 Å². The Hall–Kier alpha value is -1.66. The number of amides is 1. The molecule has 96 valence electrons. The normalized spacial score (nSPS) is 18.6. The Morgan fingerprint density at radius 2 is 2.33 bits per heavy atom. The zero-order chi connectivity index (χ0) is 13.1. The van der Waals surface area contributed by atoms with Crippen LogP contribution >= 0.6 is 11.6 Å². The van der Waals surface area contributed by atoms with E-state index in [1.807, 2.05) is 0 Å². The van der Waals surface area contributed by atoms with Gasteiger partial charge in [0.25, 0.3) is 5.69 Å². The number of anilines is 1. The van der Waals surface area contributed by atoms with E-state index < -0.39 is 4.92 Å². The molecule has 0 radical (unpaired) electrons. The molecule has 1 atom stereocenters. The van der Waals surface area contributed by atoms with Gasteiger partial charge >= 0.3 is 0 Å². The molecule has 0 aliphatic carbocycles. The molecular formula is C11H12ClN3O3. The number of rotatable bonds is 3. The van der Waals surface area contributed by atoms with Gasteiger partial charge in [0.05, 0.1) is 11.0 Å². The van der Waals surface area contributed by atoms with Crippen LogP contribution in [0.4, 0.5) is 11.4 Å². The summed E-state index contributed by atoms with van der Waals surface area (Å²) < 4.78 is 0. The molecule has 0 bridgehead atoms. The van der Waals surface area contributed by atoms with Crippen LogP contribution in [-0.2, 0) is 4.79 Å². The first-order valence-electron chi connectivity index (χ1n) is 5.56. The summed E-state index contributed by atoms with van der Waals surface area (Å²) in [5.41, 5.74) is -0.0306. The predicted molar refractivity (Wildman–Crippen MR) is 67.8 cm³/mol. The number of carbonyl (C=O) groups excluding carboxylic acids is 1. The van der Waals surface area contributed by atoms with Crippen molar-refractivity contribution in [2.24, 2.45) is 0 Å². The van der Waals surface area contributed by atoms with Crippen molar-refractivity contribution < 1.29 is 9.72 Å². The van der Waals surface area contributed by atoms with Gasteiger partial charge in [-0.15, -0.1) is 0 Å². The van der Waals surface area contributed by atoms with Crippen LogP contribution in [0, 0.1) is 10.1 Å². The highest BCUT2D eigenvalue weighted by Crippen LogP contribution is 2.28. The highest BCUT2D eigenvalue weighted by molar-refractivity contribution is 6.31. The first-order valence-corrected chi connectivity index (χ1v) is 5.94. The molecule has 18 heavy (non-hydrogen) atoms. The number of nitrogens with one attached hydrogen (secondary N) is 2. The van der Waals surface area contributed by atoms with Crippen LogP contribution in [0.1, 0.15) is 12.8 Å². The molecule has 0 spiro atoms. The summed E-state index contributed by atoms with van der Waals surface area (Å²) in [6.07, 6.45) is 1.66. The molecule has 1 aliphatic rings. The number of nitrogens with zero attached hydrogens (tertiary/aromatic N) is 1. The molecule has 2 N–H and O–H groups in total. The third-order valence-corrected chi connectivity index (χ3v) is 3.03. The Bertz CT molecular complexity index is 486. The minimum absolute atomic E-state index is 0.131. The summed E-state index contributed by atoms with van der Waals surface area (Å²) in [4.78, 5) is 22.1. The maximum atomic E-state index is 11.9. The average Bonchev–Trinajstić information content (AvgIpc) is 2.81. The third-order valence-electron chi connectivity index (χ3n) is 2.79. The molecule has 1 aliphatic heterocycles. The number of benzene rings is 1. The average molecular weight is 270 g/mol. The number of halogens is 1. The van der Waals surface area contributed by atoms with Crippen molar-refractivity contribution in [3.05, 3.63) is 33.3 Å². The Balaban J connectivity index is 2.19. The van der Waals surface area contributed by atoms with Crippen LogP contribution in [0.3, 0.4) is 0 Å². The van der Waals surface area contributed by atoms with Gasteiger partial charge in [0.15, 0.2) is 0 Å². The number of hydrogen-bond donors (Lipinski definition) is 2. The zero-order valence-corrected chi connectivity index (χ0v) is 10.2. The molecule has 7 heteroatoms. The molecular weight excluding hydrogens is 258 g/mol. The molecule has 1 heterocycles. The fourth-order valence-corrected chi connectivity index (χ4v) is 2.07. The van der Waals surface area contributed by atoms with E-state index in [0.717, 1.165) is 19.4 Å². The van der Waals surface area contributed by atoms with Gasteiger partial charge in [-0.05, 0) is 31.5 Å². The Morgan fingerprint density at radius 1 is 1.56 bits per heavy atom. The molecule has 1 fully saturated rings. The zero-order valence-electron chi connectivity index (χ0n) is 9.48. The molecule has 1 saturated heterocycles. The van der Waals surface area contributed by atoms with E-state index in [2.05, 4.69) is 10.6 Å². The second-order valence-electron chi connectivity index (χ2n) is 4.06. The highest BCUT2D eigenvalue weighted by Gasteiger charge is 2.24. The van der Waals surface area contributed by atoms with Gasteiger partial charge in [0, 0.05) is 11.1 Å². The van der Waals surface area contributed by atoms with Crippen LogP contribution in [-0.4, -0.2) is 23.4 Å². The van der Waals surface area contributed by atoms with Crippen molar-refractivity contribution in [3.63, 3.8) is 0 Å². The SMILES string of the molecule is O=C(Nc1cc(Cl)ccc1[N+](=O)[O-])[C@H]1CCCN1.